The van der Waals surface area contributed by atoms with Crippen LogP contribution in [0.15, 0.2) is 22.8 Å². The molecular weight excluding hydrogens is 326 g/mol. The molecule has 0 spiro atoms. The predicted octanol–water partition coefficient (Wildman–Crippen LogP) is 2.66. The van der Waals surface area contributed by atoms with Crippen LogP contribution in [0.25, 0.3) is 0 Å². The fraction of sp³-hybridized carbons (Fsp3) is 0.810. The third kappa shape index (κ3) is 5.56. The summed E-state index contributed by atoms with van der Waals surface area (Å²) in [5.41, 5.74) is 0. The number of hydrogen-bond acceptors (Lipinski definition) is 5. The fourth-order valence-electron chi connectivity index (χ4n) is 4.46. The van der Waals surface area contributed by atoms with Gasteiger partial charge in [0.2, 0.25) is 0 Å². The van der Waals surface area contributed by atoms with Gasteiger partial charge in [-0.15, -0.1) is 0 Å². The summed E-state index contributed by atoms with van der Waals surface area (Å²) in [5, 5.41) is 9.51. The van der Waals surface area contributed by atoms with Gasteiger partial charge in [0, 0.05) is 51.4 Å². The number of piperidine rings is 1. The van der Waals surface area contributed by atoms with Gasteiger partial charge in [0.15, 0.2) is 0 Å². The molecule has 3 heterocycles. The van der Waals surface area contributed by atoms with E-state index in [1.165, 1.54) is 32.4 Å². The second kappa shape index (κ2) is 9.88. The number of likely N-dealkylation sites (tertiary alicyclic amines) is 1. The molecule has 1 aromatic rings. The minimum Gasteiger partial charge on any atom is -0.468 e. The SMILES string of the molecule is CC(C)CCN1CCN(C2CCN(Cc3ccco3)CC2)C[C@H]1CCO. The lowest BCUT2D eigenvalue weighted by molar-refractivity contribution is 0.0137. The van der Waals surface area contributed by atoms with E-state index >= 15 is 0 Å². The smallest absolute Gasteiger partial charge is 0.117 e. The van der Waals surface area contributed by atoms with Gasteiger partial charge >= 0.3 is 0 Å². The maximum absolute atomic E-state index is 9.51. The van der Waals surface area contributed by atoms with Gasteiger partial charge in [0.05, 0.1) is 12.8 Å². The van der Waals surface area contributed by atoms with Crippen molar-refractivity contribution in [2.24, 2.45) is 5.92 Å². The molecule has 1 N–H and O–H groups in total. The Morgan fingerprint density at radius 1 is 1.19 bits per heavy atom. The van der Waals surface area contributed by atoms with E-state index < -0.39 is 0 Å². The Morgan fingerprint density at radius 3 is 2.65 bits per heavy atom. The molecule has 2 aliphatic rings. The minimum atomic E-state index is 0.304. The lowest BCUT2D eigenvalue weighted by Gasteiger charge is -2.46. The second-order valence-corrected chi connectivity index (χ2v) is 8.47. The van der Waals surface area contributed by atoms with Crippen LogP contribution in [0.4, 0.5) is 0 Å². The molecule has 148 valence electrons. The highest BCUT2D eigenvalue weighted by atomic mass is 16.3. The molecule has 0 bridgehead atoms. The van der Waals surface area contributed by atoms with E-state index in [1.807, 2.05) is 6.07 Å². The molecule has 0 unspecified atom stereocenters. The Bertz CT molecular complexity index is 497. The molecule has 0 saturated carbocycles. The predicted molar refractivity (Wildman–Crippen MR) is 105 cm³/mol. The fourth-order valence-corrected chi connectivity index (χ4v) is 4.46. The topological polar surface area (TPSA) is 43.1 Å². The van der Waals surface area contributed by atoms with Crippen molar-refractivity contribution in [1.82, 2.24) is 14.7 Å². The van der Waals surface area contributed by atoms with Crippen LogP contribution in [0.1, 0.15) is 45.3 Å². The summed E-state index contributed by atoms with van der Waals surface area (Å²) < 4.78 is 5.49. The van der Waals surface area contributed by atoms with Crippen LogP contribution in [0.2, 0.25) is 0 Å². The zero-order valence-electron chi connectivity index (χ0n) is 16.6. The summed E-state index contributed by atoms with van der Waals surface area (Å²) in [4.78, 5) is 7.84. The first-order valence-corrected chi connectivity index (χ1v) is 10.5. The summed E-state index contributed by atoms with van der Waals surface area (Å²) in [7, 11) is 0. The number of rotatable bonds is 8. The van der Waals surface area contributed by atoms with Gasteiger partial charge in [0.25, 0.3) is 0 Å². The summed E-state index contributed by atoms with van der Waals surface area (Å²) >= 11 is 0. The van der Waals surface area contributed by atoms with Crippen molar-refractivity contribution in [3.05, 3.63) is 24.2 Å². The monoisotopic (exact) mass is 363 g/mol. The lowest BCUT2D eigenvalue weighted by Crippen LogP contribution is -2.57. The van der Waals surface area contributed by atoms with E-state index in [0.717, 1.165) is 50.8 Å². The average Bonchev–Trinajstić information content (AvgIpc) is 3.14. The van der Waals surface area contributed by atoms with Crippen molar-refractivity contribution in [2.45, 2.75) is 58.2 Å². The van der Waals surface area contributed by atoms with Crippen molar-refractivity contribution in [2.75, 3.05) is 45.9 Å². The summed E-state index contributed by atoms with van der Waals surface area (Å²) in [6, 6.07) is 5.27. The molecule has 1 aromatic heterocycles. The van der Waals surface area contributed by atoms with Gasteiger partial charge in [-0.2, -0.15) is 0 Å². The third-order valence-electron chi connectivity index (χ3n) is 6.13. The first-order chi connectivity index (χ1) is 12.7. The molecule has 0 radical (unpaired) electrons. The molecule has 1 atom stereocenters. The van der Waals surface area contributed by atoms with E-state index in [1.54, 1.807) is 6.26 Å². The van der Waals surface area contributed by atoms with Crippen LogP contribution in [0, 0.1) is 5.92 Å². The number of nitrogens with zero attached hydrogens (tertiary/aromatic N) is 3. The van der Waals surface area contributed by atoms with Crippen LogP contribution in [-0.4, -0.2) is 77.8 Å². The molecule has 0 aromatic carbocycles. The maximum Gasteiger partial charge on any atom is 0.117 e. The molecule has 0 aliphatic carbocycles. The molecule has 5 heteroatoms. The largest absolute Gasteiger partial charge is 0.468 e. The van der Waals surface area contributed by atoms with Crippen LogP contribution >= 0.6 is 0 Å². The Kier molecular flexibility index (Phi) is 7.55. The highest BCUT2D eigenvalue weighted by molar-refractivity contribution is 4.98. The van der Waals surface area contributed by atoms with Crippen molar-refractivity contribution < 1.29 is 9.52 Å². The Hall–Kier alpha value is -0.880. The molecule has 2 aliphatic heterocycles. The number of hydrogen-bond donors (Lipinski definition) is 1. The zero-order valence-corrected chi connectivity index (χ0v) is 16.6. The van der Waals surface area contributed by atoms with Crippen molar-refractivity contribution in [1.29, 1.82) is 0 Å². The molecule has 5 nitrogen and oxygen atoms in total. The normalized spacial score (nSPS) is 24.5. The van der Waals surface area contributed by atoms with E-state index in [-0.39, 0.29) is 0 Å². The number of furan rings is 1. The average molecular weight is 364 g/mol. The summed E-state index contributed by atoms with van der Waals surface area (Å²) in [5.74, 6) is 1.83. The quantitative estimate of drug-likeness (QED) is 0.769. The molecule has 2 saturated heterocycles. The van der Waals surface area contributed by atoms with Gasteiger partial charge in [-0.3, -0.25) is 14.7 Å². The standard InChI is InChI=1S/C21H37N3O2/c1-18(2)5-11-23-12-13-24(16-20(23)8-14-25)19-6-9-22(10-7-19)17-21-4-3-15-26-21/h3-4,15,18-20,25H,5-14,16-17H2,1-2H3/t20-/m1/s1. The highest BCUT2D eigenvalue weighted by Crippen LogP contribution is 2.23. The lowest BCUT2D eigenvalue weighted by atomic mass is 9.99. The molecule has 0 amide bonds. The van der Waals surface area contributed by atoms with Gasteiger partial charge in [-0.1, -0.05) is 13.8 Å². The first-order valence-electron chi connectivity index (χ1n) is 10.5. The molecule has 26 heavy (non-hydrogen) atoms. The van der Waals surface area contributed by atoms with E-state index in [4.69, 9.17) is 4.42 Å². The van der Waals surface area contributed by atoms with Crippen molar-refractivity contribution >= 4 is 0 Å². The van der Waals surface area contributed by atoms with Gasteiger partial charge in [-0.05, 0) is 50.3 Å². The highest BCUT2D eigenvalue weighted by Gasteiger charge is 2.32. The number of aliphatic hydroxyl groups excluding tert-OH is 1. The van der Waals surface area contributed by atoms with Crippen LogP contribution in [0.5, 0.6) is 0 Å². The summed E-state index contributed by atoms with van der Waals surface area (Å²) in [6.07, 6.45) is 6.43. The first kappa shape index (κ1) is 19.9. The molecule has 2 fully saturated rings. The van der Waals surface area contributed by atoms with Gasteiger partial charge in [-0.25, -0.2) is 0 Å². The van der Waals surface area contributed by atoms with Gasteiger partial charge < -0.3 is 9.52 Å². The summed E-state index contributed by atoms with van der Waals surface area (Å²) in [6.45, 7) is 12.8. The van der Waals surface area contributed by atoms with Crippen LogP contribution in [0.3, 0.4) is 0 Å². The van der Waals surface area contributed by atoms with Crippen LogP contribution < -0.4 is 0 Å². The number of aliphatic hydroxyl groups is 1. The maximum atomic E-state index is 9.51. The Morgan fingerprint density at radius 2 is 2.00 bits per heavy atom. The van der Waals surface area contributed by atoms with E-state index in [2.05, 4.69) is 34.6 Å². The zero-order chi connectivity index (χ0) is 18.4. The van der Waals surface area contributed by atoms with Crippen molar-refractivity contribution in [3.63, 3.8) is 0 Å². The van der Waals surface area contributed by atoms with E-state index in [9.17, 15) is 5.11 Å². The Labute approximate surface area is 158 Å². The van der Waals surface area contributed by atoms with Crippen LogP contribution in [-0.2, 0) is 6.54 Å². The second-order valence-electron chi connectivity index (χ2n) is 8.47. The molecule has 3 rings (SSSR count). The minimum absolute atomic E-state index is 0.304. The van der Waals surface area contributed by atoms with Gasteiger partial charge in [0.1, 0.15) is 5.76 Å². The number of piperazine rings is 1. The Balaban J connectivity index is 1.46. The third-order valence-corrected chi connectivity index (χ3v) is 6.13. The van der Waals surface area contributed by atoms with Crippen molar-refractivity contribution in [3.8, 4) is 0 Å². The molecular formula is C21H37N3O2. The van der Waals surface area contributed by atoms with E-state index in [0.29, 0.717) is 18.7 Å².